The SMILES string of the molecule is CCNc1nc(-c2cc(O)cc(F)c2)nc(C)c1Br. The minimum atomic E-state index is -0.524. The van der Waals surface area contributed by atoms with Crippen molar-refractivity contribution < 1.29 is 9.50 Å². The second kappa shape index (κ2) is 5.52. The van der Waals surface area contributed by atoms with Crippen LogP contribution < -0.4 is 5.32 Å². The lowest BCUT2D eigenvalue weighted by molar-refractivity contribution is 0.469. The molecular formula is C13H13BrFN3O. The average Bonchev–Trinajstić information content (AvgIpc) is 2.33. The van der Waals surface area contributed by atoms with E-state index < -0.39 is 5.82 Å². The quantitative estimate of drug-likeness (QED) is 0.906. The van der Waals surface area contributed by atoms with Crippen molar-refractivity contribution in [3.05, 3.63) is 34.2 Å². The summed E-state index contributed by atoms with van der Waals surface area (Å²) in [7, 11) is 0. The molecule has 0 saturated carbocycles. The molecule has 0 amide bonds. The number of aryl methyl sites for hydroxylation is 1. The van der Waals surface area contributed by atoms with Crippen molar-refractivity contribution in [1.82, 2.24) is 9.97 Å². The highest BCUT2D eigenvalue weighted by atomic mass is 79.9. The second-order valence-corrected chi connectivity index (χ2v) is 4.82. The van der Waals surface area contributed by atoms with Crippen molar-refractivity contribution in [3.63, 3.8) is 0 Å². The minimum Gasteiger partial charge on any atom is -0.508 e. The van der Waals surface area contributed by atoms with E-state index in [-0.39, 0.29) is 5.75 Å². The fourth-order valence-electron chi connectivity index (χ4n) is 1.68. The molecule has 0 aliphatic rings. The fourth-order valence-corrected chi connectivity index (χ4v) is 1.99. The van der Waals surface area contributed by atoms with Gasteiger partial charge in [0.2, 0.25) is 0 Å². The number of aromatic hydroxyl groups is 1. The van der Waals surface area contributed by atoms with Gasteiger partial charge in [0.1, 0.15) is 17.4 Å². The molecule has 1 aromatic heterocycles. The summed E-state index contributed by atoms with van der Waals surface area (Å²) in [6, 6.07) is 3.76. The van der Waals surface area contributed by atoms with Crippen LogP contribution in [0.2, 0.25) is 0 Å². The van der Waals surface area contributed by atoms with Crippen molar-refractivity contribution >= 4 is 21.7 Å². The topological polar surface area (TPSA) is 58.0 Å². The van der Waals surface area contributed by atoms with Crippen molar-refractivity contribution in [1.29, 1.82) is 0 Å². The minimum absolute atomic E-state index is 0.149. The molecule has 4 nitrogen and oxygen atoms in total. The van der Waals surface area contributed by atoms with Crippen LogP contribution in [0.1, 0.15) is 12.6 Å². The normalized spacial score (nSPS) is 10.5. The largest absolute Gasteiger partial charge is 0.508 e. The van der Waals surface area contributed by atoms with Gasteiger partial charge >= 0.3 is 0 Å². The standard InChI is InChI=1S/C13H13BrFN3O/c1-3-16-13-11(14)7(2)17-12(18-13)8-4-9(15)6-10(19)5-8/h4-6,19H,3H2,1-2H3,(H,16,17,18). The fraction of sp³-hybridized carbons (Fsp3) is 0.231. The number of benzene rings is 1. The van der Waals surface area contributed by atoms with Gasteiger partial charge in [0.05, 0.1) is 10.2 Å². The Morgan fingerprint density at radius 1 is 1.32 bits per heavy atom. The van der Waals surface area contributed by atoms with Crippen molar-refractivity contribution in [2.24, 2.45) is 0 Å². The monoisotopic (exact) mass is 325 g/mol. The second-order valence-electron chi connectivity index (χ2n) is 4.02. The molecule has 100 valence electrons. The number of aromatic nitrogens is 2. The summed E-state index contributed by atoms with van der Waals surface area (Å²) in [4.78, 5) is 8.62. The summed E-state index contributed by atoms with van der Waals surface area (Å²) in [6.45, 7) is 4.50. The molecule has 0 unspecified atom stereocenters. The lowest BCUT2D eigenvalue weighted by atomic mass is 10.2. The number of phenols is 1. The maximum Gasteiger partial charge on any atom is 0.162 e. The van der Waals surface area contributed by atoms with Crippen LogP contribution in [0.4, 0.5) is 10.2 Å². The molecule has 1 aromatic carbocycles. The molecule has 0 spiro atoms. The molecule has 2 aromatic rings. The van der Waals surface area contributed by atoms with Crippen LogP contribution in [0.25, 0.3) is 11.4 Å². The molecule has 0 aliphatic heterocycles. The Morgan fingerprint density at radius 3 is 2.68 bits per heavy atom. The van der Waals surface area contributed by atoms with E-state index in [9.17, 15) is 9.50 Å². The van der Waals surface area contributed by atoms with Gasteiger partial charge in [-0.1, -0.05) is 0 Å². The first-order valence-electron chi connectivity index (χ1n) is 5.79. The number of hydrogen-bond acceptors (Lipinski definition) is 4. The summed E-state index contributed by atoms with van der Waals surface area (Å²) >= 11 is 3.41. The van der Waals surface area contributed by atoms with Gasteiger partial charge in [0, 0.05) is 18.2 Å². The summed E-state index contributed by atoms with van der Waals surface area (Å²) in [5.74, 6) is 0.341. The molecule has 0 radical (unpaired) electrons. The Labute approximate surface area is 118 Å². The molecule has 19 heavy (non-hydrogen) atoms. The number of anilines is 1. The zero-order chi connectivity index (χ0) is 14.0. The van der Waals surface area contributed by atoms with E-state index in [4.69, 9.17) is 0 Å². The smallest absolute Gasteiger partial charge is 0.162 e. The van der Waals surface area contributed by atoms with Gasteiger partial charge in [-0.25, -0.2) is 14.4 Å². The van der Waals surface area contributed by atoms with Crippen LogP contribution in [0.5, 0.6) is 5.75 Å². The lowest BCUT2D eigenvalue weighted by Gasteiger charge is -2.10. The molecule has 0 atom stereocenters. The van der Waals surface area contributed by atoms with Crippen LogP contribution in [0.15, 0.2) is 22.7 Å². The first kappa shape index (κ1) is 13.7. The number of rotatable bonds is 3. The van der Waals surface area contributed by atoms with E-state index in [2.05, 4.69) is 31.2 Å². The van der Waals surface area contributed by atoms with Gasteiger partial charge in [0.15, 0.2) is 5.82 Å². The molecule has 0 fully saturated rings. The van der Waals surface area contributed by atoms with E-state index >= 15 is 0 Å². The molecule has 6 heteroatoms. The summed E-state index contributed by atoms with van der Waals surface area (Å²) in [5.41, 5.74) is 1.18. The van der Waals surface area contributed by atoms with Crippen LogP contribution in [-0.4, -0.2) is 21.6 Å². The third-order valence-electron chi connectivity index (χ3n) is 2.50. The highest BCUT2D eigenvalue weighted by Gasteiger charge is 2.11. The third-order valence-corrected chi connectivity index (χ3v) is 3.45. The number of nitrogens with zero attached hydrogens (tertiary/aromatic N) is 2. The van der Waals surface area contributed by atoms with Crippen molar-refractivity contribution in [3.8, 4) is 17.1 Å². The Hall–Kier alpha value is -1.69. The van der Waals surface area contributed by atoms with Crippen LogP contribution in [-0.2, 0) is 0 Å². The predicted octanol–water partition coefficient (Wildman–Crippen LogP) is 3.49. The Morgan fingerprint density at radius 2 is 2.05 bits per heavy atom. The molecule has 0 saturated heterocycles. The van der Waals surface area contributed by atoms with Crippen molar-refractivity contribution in [2.75, 3.05) is 11.9 Å². The molecule has 0 bridgehead atoms. The summed E-state index contributed by atoms with van der Waals surface area (Å²) < 4.78 is 14.1. The van der Waals surface area contributed by atoms with Crippen molar-refractivity contribution in [2.45, 2.75) is 13.8 Å². The Kier molecular flexibility index (Phi) is 3.99. The van der Waals surface area contributed by atoms with E-state index in [0.717, 1.165) is 16.2 Å². The van der Waals surface area contributed by atoms with Crippen LogP contribution in [0, 0.1) is 12.7 Å². The van der Waals surface area contributed by atoms with E-state index in [1.807, 2.05) is 13.8 Å². The highest BCUT2D eigenvalue weighted by molar-refractivity contribution is 9.10. The van der Waals surface area contributed by atoms with Gasteiger partial charge in [-0.3, -0.25) is 0 Å². The van der Waals surface area contributed by atoms with Gasteiger partial charge in [-0.05, 0) is 41.9 Å². The zero-order valence-corrected chi connectivity index (χ0v) is 12.1. The highest BCUT2D eigenvalue weighted by Crippen LogP contribution is 2.28. The summed E-state index contributed by atoms with van der Waals surface area (Å²) in [5, 5.41) is 12.5. The molecule has 2 rings (SSSR count). The molecular weight excluding hydrogens is 313 g/mol. The van der Waals surface area contributed by atoms with E-state index in [0.29, 0.717) is 23.8 Å². The molecule has 0 aliphatic carbocycles. The first-order chi connectivity index (χ1) is 9.01. The number of nitrogens with one attached hydrogen (secondary N) is 1. The maximum atomic E-state index is 13.3. The van der Waals surface area contributed by atoms with Gasteiger partial charge < -0.3 is 10.4 Å². The zero-order valence-electron chi connectivity index (χ0n) is 10.5. The number of phenolic OH excluding ortho intramolecular Hbond substituents is 1. The molecule has 2 N–H and O–H groups in total. The van der Waals surface area contributed by atoms with Gasteiger partial charge in [-0.2, -0.15) is 0 Å². The molecule has 1 heterocycles. The lowest BCUT2D eigenvalue weighted by Crippen LogP contribution is -2.04. The summed E-state index contributed by atoms with van der Waals surface area (Å²) in [6.07, 6.45) is 0. The average molecular weight is 326 g/mol. The Bertz CT molecular complexity index is 599. The van der Waals surface area contributed by atoms with E-state index in [1.54, 1.807) is 0 Å². The number of hydrogen-bond donors (Lipinski definition) is 2. The van der Waals surface area contributed by atoms with E-state index in [1.165, 1.54) is 12.1 Å². The van der Waals surface area contributed by atoms with Gasteiger partial charge in [-0.15, -0.1) is 0 Å². The Balaban J connectivity index is 2.55. The van der Waals surface area contributed by atoms with Gasteiger partial charge in [0.25, 0.3) is 0 Å². The van der Waals surface area contributed by atoms with Crippen LogP contribution in [0.3, 0.4) is 0 Å². The predicted molar refractivity (Wildman–Crippen MR) is 75.7 cm³/mol. The third kappa shape index (κ3) is 3.01. The first-order valence-corrected chi connectivity index (χ1v) is 6.58. The van der Waals surface area contributed by atoms with Crippen LogP contribution >= 0.6 is 15.9 Å². The maximum absolute atomic E-state index is 13.3. The number of halogens is 2.